The number of hydrogen-bond donors (Lipinski definition) is 1. The van der Waals surface area contributed by atoms with Crippen LogP contribution in [0.25, 0.3) is 11.4 Å². The maximum atomic E-state index is 5.78. The third-order valence-electron chi connectivity index (χ3n) is 2.50. The lowest BCUT2D eigenvalue weighted by atomic mass is 10.2. The minimum Gasteiger partial charge on any atom is -0.496 e. The van der Waals surface area contributed by atoms with Gasteiger partial charge in [-0.1, -0.05) is 0 Å². The van der Waals surface area contributed by atoms with Gasteiger partial charge in [0.05, 0.1) is 23.9 Å². The van der Waals surface area contributed by atoms with Crippen LogP contribution in [0.4, 0.5) is 5.82 Å². The van der Waals surface area contributed by atoms with E-state index in [9.17, 15) is 0 Å². The molecule has 0 fully saturated rings. The molecule has 0 aliphatic heterocycles. The van der Waals surface area contributed by atoms with Crippen molar-refractivity contribution in [1.82, 2.24) is 9.97 Å². The third-order valence-corrected chi connectivity index (χ3v) is 3.12. The number of hydrogen-bond acceptors (Lipinski definition) is 5. The molecule has 0 saturated heterocycles. The Bertz CT molecular complexity index is 590. The molecule has 1 aromatic heterocycles. The largest absolute Gasteiger partial charge is 0.496 e. The van der Waals surface area contributed by atoms with Crippen LogP contribution < -0.4 is 10.5 Å². The van der Waals surface area contributed by atoms with E-state index < -0.39 is 0 Å². The van der Waals surface area contributed by atoms with Gasteiger partial charge in [-0.25, -0.2) is 9.97 Å². The van der Waals surface area contributed by atoms with E-state index in [0.29, 0.717) is 18.2 Å². The van der Waals surface area contributed by atoms with Gasteiger partial charge in [0.15, 0.2) is 5.82 Å². The summed E-state index contributed by atoms with van der Waals surface area (Å²) in [6, 6.07) is 7.33. The van der Waals surface area contributed by atoms with Gasteiger partial charge in [0, 0.05) is 18.7 Å². The van der Waals surface area contributed by atoms with Crippen LogP contribution >= 0.6 is 15.9 Å². The molecule has 0 radical (unpaired) electrons. The monoisotopic (exact) mass is 323 g/mol. The van der Waals surface area contributed by atoms with Crippen LogP contribution in [0.15, 0.2) is 28.7 Å². The maximum absolute atomic E-state index is 5.78. The first kappa shape index (κ1) is 13.8. The van der Waals surface area contributed by atoms with E-state index >= 15 is 0 Å². The van der Waals surface area contributed by atoms with Gasteiger partial charge in [0.25, 0.3) is 0 Å². The zero-order valence-electron chi connectivity index (χ0n) is 10.7. The normalized spacial score (nSPS) is 10.5. The predicted molar refractivity (Wildman–Crippen MR) is 76.8 cm³/mol. The lowest BCUT2D eigenvalue weighted by molar-refractivity contribution is 0.181. The molecule has 1 heterocycles. The van der Waals surface area contributed by atoms with Crippen molar-refractivity contribution in [3.05, 3.63) is 34.4 Å². The number of nitrogens with zero attached hydrogens (tertiary/aromatic N) is 2. The Morgan fingerprint density at radius 1 is 1.21 bits per heavy atom. The minimum atomic E-state index is 0.400. The Morgan fingerprint density at radius 3 is 2.63 bits per heavy atom. The van der Waals surface area contributed by atoms with Crippen molar-refractivity contribution < 1.29 is 9.47 Å². The van der Waals surface area contributed by atoms with Crippen LogP contribution in [0.2, 0.25) is 0 Å². The number of benzene rings is 1. The van der Waals surface area contributed by atoms with Crippen LogP contribution in [0, 0.1) is 0 Å². The van der Waals surface area contributed by atoms with Gasteiger partial charge in [-0.3, -0.25) is 0 Å². The highest BCUT2D eigenvalue weighted by Gasteiger charge is 2.08. The summed E-state index contributed by atoms with van der Waals surface area (Å²) >= 11 is 3.44. The van der Waals surface area contributed by atoms with Crippen LogP contribution in [0.3, 0.4) is 0 Å². The number of nitrogens with two attached hydrogens (primary N) is 1. The molecule has 2 aromatic rings. The highest BCUT2D eigenvalue weighted by molar-refractivity contribution is 9.10. The summed E-state index contributed by atoms with van der Waals surface area (Å²) in [5, 5.41) is 0. The van der Waals surface area contributed by atoms with Gasteiger partial charge in [-0.2, -0.15) is 0 Å². The molecule has 0 aliphatic rings. The lowest BCUT2D eigenvalue weighted by Gasteiger charge is -2.08. The summed E-state index contributed by atoms with van der Waals surface area (Å²) in [4.78, 5) is 8.64. The van der Waals surface area contributed by atoms with Crippen molar-refractivity contribution in [2.45, 2.75) is 6.61 Å². The third kappa shape index (κ3) is 3.21. The minimum absolute atomic E-state index is 0.400. The van der Waals surface area contributed by atoms with Gasteiger partial charge in [0.2, 0.25) is 0 Å². The molecule has 0 amide bonds. The number of anilines is 1. The van der Waals surface area contributed by atoms with Crippen molar-refractivity contribution >= 4 is 21.7 Å². The summed E-state index contributed by atoms with van der Waals surface area (Å²) in [6.45, 7) is 0.400. The van der Waals surface area contributed by atoms with Crippen molar-refractivity contribution in [3.63, 3.8) is 0 Å². The highest BCUT2D eigenvalue weighted by Crippen LogP contribution is 2.29. The van der Waals surface area contributed by atoms with Gasteiger partial charge < -0.3 is 15.2 Å². The van der Waals surface area contributed by atoms with Crippen LogP contribution in [0.5, 0.6) is 5.75 Å². The topological polar surface area (TPSA) is 70.3 Å². The average molecular weight is 324 g/mol. The van der Waals surface area contributed by atoms with Crippen molar-refractivity contribution in [1.29, 1.82) is 0 Å². The summed E-state index contributed by atoms with van der Waals surface area (Å²) in [6.07, 6.45) is 0. The fraction of sp³-hybridized carbons (Fsp3) is 0.231. The van der Waals surface area contributed by atoms with Crippen LogP contribution in [0.1, 0.15) is 5.69 Å². The number of nitrogen functional groups attached to an aromatic ring is 1. The van der Waals surface area contributed by atoms with E-state index in [4.69, 9.17) is 15.2 Å². The number of methoxy groups -OCH3 is 2. The first-order valence-corrected chi connectivity index (χ1v) is 6.39. The first-order chi connectivity index (χ1) is 9.13. The van der Waals surface area contributed by atoms with Crippen molar-refractivity contribution in [3.8, 4) is 17.1 Å². The fourth-order valence-corrected chi connectivity index (χ4v) is 2.22. The maximum Gasteiger partial charge on any atom is 0.161 e. The molecule has 0 unspecified atom stereocenters. The van der Waals surface area contributed by atoms with Gasteiger partial charge in [0.1, 0.15) is 11.6 Å². The molecule has 1 aromatic carbocycles. The molecule has 19 heavy (non-hydrogen) atoms. The van der Waals surface area contributed by atoms with Gasteiger partial charge >= 0.3 is 0 Å². The van der Waals surface area contributed by atoms with E-state index in [1.807, 2.05) is 18.2 Å². The van der Waals surface area contributed by atoms with Crippen LogP contribution in [-0.2, 0) is 11.3 Å². The number of halogens is 1. The Morgan fingerprint density at radius 2 is 2.00 bits per heavy atom. The predicted octanol–water partition coefficient (Wildman–Crippen LogP) is 2.64. The molecular weight excluding hydrogens is 310 g/mol. The molecule has 100 valence electrons. The summed E-state index contributed by atoms with van der Waals surface area (Å²) in [5.74, 6) is 1.74. The lowest BCUT2D eigenvalue weighted by Crippen LogP contribution is -2.01. The molecule has 0 bridgehead atoms. The van der Waals surface area contributed by atoms with Crippen molar-refractivity contribution in [2.24, 2.45) is 0 Å². The van der Waals surface area contributed by atoms with E-state index in [2.05, 4.69) is 25.9 Å². The second-order valence-corrected chi connectivity index (χ2v) is 4.74. The summed E-state index contributed by atoms with van der Waals surface area (Å²) in [7, 11) is 3.23. The first-order valence-electron chi connectivity index (χ1n) is 5.60. The Kier molecular flexibility index (Phi) is 4.34. The van der Waals surface area contributed by atoms with E-state index in [-0.39, 0.29) is 0 Å². The highest BCUT2D eigenvalue weighted by atomic mass is 79.9. The molecule has 5 nitrogen and oxygen atoms in total. The quantitative estimate of drug-likeness (QED) is 0.936. The molecule has 0 spiro atoms. The summed E-state index contributed by atoms with van der Waals surface area (Å²) in [5.41, 5.74) is 7.38. The zero-order chi connectivity index (χ0) is 13.8. The van der Waals surface area contributed by atoms with Gasteiger partial charge in [-0.05, 0) is 34.1 Å². The second kappa shape index (κ2) is 5.99. The average Bonchev–Trinajstić information content (AvgIpc) is 2.38. The molecule has 0 aliphatic carbocycles. The molecule has 2 N–H and O–H groups in total. The number of ether oxygens (including phenoxy) is 2. The standard InChI is InChI=1S/C13H14BrN3O2/c1-18-7-9-6-12(15)17-13(16-9)8-3-4-11(19-2)10(14)5-8/h3-6H,7H2,1-2H3,(H2,15,16,17). The Hall–Kier alpha value is -1.66. The molecule has 6 heteroatoms. The van der Waals surface area contributed by atoms with E-state index in [1.165, 1.54) is 0 Å². The zero-order valence-corrected chi connectivity index (χ0v) is 12.3. The number of aromatic nitrogens is 2. The van der Waals surface area contributed by atoms with E-state index in [0.717, 1.165) is 21.5 Å². The molecular formula is C13H14BrN3O2. The molecule has 0 saturated carbocycles. The Labute approximate surface area is 119 Å². The fourth-order valence-electron chi connectivity index (χ4n) is 1.67. The Balaban J connectivity index is 2.43. The number of rotatable bonds is 4. The molecule has 2 rings (SSSR count). The SMILES string of the molecule is COCc1cc(N)nc(-c2ccc(OC)c(Br)c2)n1. The smallest absolute Gasteiger partial charge is 0.161 e. The van der Waals surface area contributed by atoms with Gasteiger partial charge in [-0.15, -0.1) is 0 Å². The second-order valence-electron chi connectivity index (χ2n) is 3.89. The summed E-state index contributed by atoms with van der Waals surface area (Å²) < 4.78 is 11.1. The van der Waals surface area contributed by atoms with Crippen LogP contribution in [-0.4, -0.2) is 24.2 Å². The van der Waals surface area contributed by atoms with Crippen molar-refractivity contribution in [2.75, 3.05) is 20.0 Å². The van der Waals surface area contributed by atoms with E-state index in [1.54, 1.807) is 20.3 Å². The molecule has 0 atom stereocenters.